The summed E-state index contributed by atoms with van der Waals surface area (Å²) in [5.41, 5.74) is 2.17. The van der Waals surface area contributed by atoms with Crippen LogP contribution < -0.4 is 5.32 Å². The summed E-state index contributed by atoms with van der Waals surface area (Å²) in [4.78, 5) is 17.2. The summed E-state index contributed by atoms with van der Waals surface area (Å²) >= 11 is 6.01. The van der Waals surface area contributed by atoms with Crippen LogP contribution in [0.15, 0.2) is 66.9 Å². The quantitative estimate of drug-likeness (QED) is 0.298. The van der Waals surface area contributed by atoms with E-state index in [9.17, 15) is 18.0 Å². The number of amides is 1. The summed E-state index contributed by atoms with van der Waals surface area (Å²) in [6, 6.07) is 16.3. The van der Waals surface area contributed by atoms with Crippen molar-refractivity contribution in [3.8, 4) is 11.3 Å². The van der Waals surface area contributed by atoms with Gasteiger partial charge in [-0.05, 0) is 54.8 Å². The second-order valence-electron chi connectivity index (χ2n) is 8.61. The fourth-order valence-corrected chi connectivity index (χ4v) is 4.07. The van der Waals surface area contributed by atoms with Gasteiger partial charge in [-0.2, -0.15) is 23.4 Å². The zero-order chi connectivity index (χ0) is 26.3. The van der Waals surface area contributed by atoms with E-state index in [2.05, 4.69) is 20.5 Å². The first-order valence-electron chi connectivity index (χ1n) is 11.2. The van der Waals surface area contributed by atoms with Crippen molar-refractivity contribution in [3.05, 3.63) is 100.0 Å². The van der Waals surface area contributed by atoms with Gasteiger partial charge in [0.2, 0.25) is 0 Å². The summed E-state index contributed by atoms with van der Waals surface area (Å²) in [6.07, 6.45) is -3.05. The molecule has 0 aliphatic heterocycles. The molecular formula is C26H20ClF3N6O. The maximum absolute atomic E-state index is 13.9. The molecule has 0 unspecified atom stereocenters. The molecule has 0 fully saturated rings. The second-order valence-corrected chi connectivity index (χ2v) is 9.04. The van der Waals surface area contributed by atoms with Crippen molar-refractivity contribution in [2.75, 3.05) is 5.32 Å². The molecule has 2 aromatic carbocycles. The van der Waals surface area contributed by atoms with E-state index in [-0.39, 0.29) is 22.9 Å². The Kier molecular flexibility index (Phi) is 6.20. The van der Waals surface area contributed by atoms with Crippen molar-refractivity contribution in [2.45, 2.75) is 26.6 Å². The maximum Gasteiger partial charge on any atom is 0.433 e. The molecule has 1 N–H and O–H groups in total. The van der Waals surface area contributed by atoms with E-state index in [1.165, 1.54) is 6.07 Å². The molecule has 1 amide bonds. The minimum absolute atomic E-state index is 0.0975. The van der Waals surface area contributed by atoms with Crippen molar-refractivity contribution in [1.29, 1.82) is 0 Å². The minimum Gasteiger partial charge on any atom is -0.304 e. The van der Waals surface area contributed by atoms with Gasteiger partial charge in [-0.1, -0.05) is 35.9 Å². The van der Waals surface area contributed by atoms with E-state index in [1.807, 2.05) is 32.0 Å². The third kappa shape index (κ3) is 5.19. The van der Waals surface area contributed by atoms with Crippen LogP contribution in [0.5, 0.6) is 0 Å². The molecule has 188 valence electrons. The van der Waals surface area contributed by atoms with E-state index < -0.39 is 17.8 Å². The van der Waals surface area contributed by atoms with Gasteiger partial charge < -0.3 is 5.32 Å². The van der Waals surface area contributed by atoms with Gasteiger partial charge in [0, 0.05) is 28.9 Å². The number of anilines is 1. The lowest BCUT2D eigenvalue weighted by molar-refractivity contribution is -0.142. The van der Waals surface area contributed by atoms with Gasteiger partial charge in [-0.25, -0.2) is 9.50 Å². The number of carbonyl (C=O) groups excluding carboxylic acids is 1. The molecule has 7 nitrogen and oxygen atoms in total. The van der Waals surface area contributed by atoms with Crippen LogP contribution in [0.2, 0.25) is 5.02 Å². The number of nitrogens with one attached hydrogen (secondary N) is 1. The molecule has 5 aromatic rings. The zero-order valence-electron chi connectivity index (χ0n) is 19.7. The van der Waals surface area contributed by atoms with Crippen LogP contribution in [0.4, 0.5) is 19.0 Å². The van der Waals surface area contributed by atoms with E-state index in [0.717, 1.165) is 22.8 Å². The van der Waals surface area contributed by atoms with Crippen molar-refractivity contribution in [2.24, 2.45) is 0 Å². The smallest absolute Gasteiger partial charge is 0.304 e. The molecule has 0 saturated carbocycles. The number of hydrogen-bond donors (Lipinski definition) is 1. The number of aromatic nitrogens is 5. The van der Waals surface area contributed by atoms with Crippen molar-refractivity contribution >= 4 is 29.0 Å². The Morgan fingerprint density at radius 2 is 1.81 bits per heavy atom. The van der Waals surface area contributed by atoms with Crippen LogP contribution in [0.25, 0.3) is 16.9 Å². The average molecular weight is 525 g/mol. The highest BCUT2D eigenvalue weighted by Gasteiger charge is 2.35. The van der Waals surface area contributed by atoms with Gasteiger partial charge >= 0.3 is 6.18 Å². The summed E-state index contributed by atoms with van der Waals surface area (Å²) < 4.78 is 44.0. The molecule has 3 aromatic heterocycles. The zero-order valence-corrected chi connectivity index (χ0v) is 20.5. The van der Waals surface area contributed by atoms with Gasteiger partial charge in [-0.3, -0.25) is 9.48 Å². The van der Waals surface area contributed by atoms with Crippen molar-refractivity contribution in [1.82, 2.24) is 24.4 Å². The number of hydrogen-bond acceptors (Lipinski definition) is 4. The van der Waals surface area contributed by atoms with E-state index in [1.54, 1.807) is 41.2 Å². The van der Waals surface area contributed by atoms with Gasteiger partial charge in [0.1, 0.15) is 0 Å². The molecule has 11 heteroatoms. The van der Waals surface area contributed by atoms with Crippen LogP contribution in [-0.4, -0.2) is 30.3 Å². The number of halogens is 4. The summed E-state index contributed by atoms with van der Waals surface area (Å²) in [5.74, 6) is -0.483. The predicted molar refractivity (Wildman–Crippen MR) is 134 cm³/mol. The van der Waals surface area contributed by atoms with Crippen molar-refractivity contribution < 1.29 is 18.0 Å². The fraction of sp³-hybridized carbons (Fsp3) is 0.154. The topological polar surface area (TPSA) is 77.1 Å². The Labute approximate surface area is 214 Å². The summed E-state index contributed by atoms with van der Waals surface area (Å²) in [6.45, 7) is 4.21. The van der Waals surface area contributed by atoms with Crippen LogP contribution in [0.3, 0.4) is 0 Å². The van der Waals surface area contributed by atoms with E-state index in [4.69, 9.17) is 11.6 Å². The van der Waals surface area contributed by atoms with Gasteiger partial charge in [-0.15, -0.1) is 0 Å². The average Bonchev–Trinajstić information content (AvgIpc) is 3.46. The Morgan fingerprint density at radius 1 is 1.00 bits per heavy atom. The first kappa shape index (κ1) is 24.5. The molecule has 0 atom stereocenters. The highest BCUT2D eigenvalue weighted by molar-refractivity contribution is 6.30. The Bertz CT molecular complexity index is 1640. The van der Waals surface area contributed by atoms with E-state index >= 15 is 0 Å². The van der Waals surface area contributed by atoms with Gasteiger partial charge in [0.25, 0.3) is 5.91 Å². The molecule has 37 heavy (non-hydrogen) atoms. The van der Waals surface area contributed by atoms with Crippen LogP contribution in [0, 0.1) is 13.8 Å². The molecular weight excluding hydrogens is 505 g/mol. The Balaban J connectivity index is 1.43. The third-order valence-electron chi connectivity index (χ3n) is 5.87. The number of benzene rings is 2. The number of carbonyl (C=O) groups is 1. The van der Waals surface area contributed by atoms with Crippen LogP contribution in [0.1, 0.15) is 32.9 Å². The number of alkyl halides is 3. The molecule has 0 radical (unpaired) electrons. The minimum atomic E-state index is -4.71. The van der Waals surface area contributed by atoms with Gasteiger partial charge in [0.15, 0.2) is 22.9 Å². The van der Waals surface area contributed by atoms with Crippen LogP contribution >= 0.6 is 11.6 Å². The standard InChI is InChI=1S/C26H20ClF3N6O/c1-15-6-7-18(10-16(15)2)20-12-22(26(28,29)30)36-24(31-20)13-21(33-36)25(37)32-23-8-9-35(34-23)14-17-4-3-5-19(27)11-17/h3-13H,14H2,1-2H3,(H,32,34,37). The monoisotopic (exact) mass is 524 g/mol. The van der Waals surface area contributed by atoms with Crippen LogP contribution in [-0.2, 0) is 12.7 Å². The van der Waals surface area contributed by atoms with Gasteiger partial charge in [0.05, 0.1) is 12.2 Å². The first-order chi connectivity index (χ1) is 17.6. The molecule has 0 spiro atoms. The lowest BCUT2D eigenvalue weighted by Crippen LogP contribution is -2.16. The number of aryl methyl sites for hydroxylation is 2. The number of nitrogens with zero attached hydrogens (tertiary/aromatic N) is 5. The second kappa shape index (κ2) is 9.36. The number of rotatable bonds is 5. The lowest BCUT2D eigenvalue weighted by atomic mass is 10.0. The molecule has 0 aliphatic carbocycles. The molecule has 3 heterocycles. The summed E-state index contributed by atoms with van der Waals surface area (Å²) in [5, 5.41) is 11.4. The molecule has 0 saturated heterocycles. The third-order valence-corrected chi connectivity index (χ3v) is 6.10. The number of fused-ring (bicyclic) bond motifs is 1. The highest BCUT2D eigenvalue weighted by atomic mass is 35.5. The lowest BCUT2D eigenvalue weighted by Gasteiger charge is -2.11. The SMILES string of the molecule is Cc1ccc(-c2cc(C(F)(F)F)n3nc(C(=O)Nc4ccn(Cc5cccc(Cl)c5)n4)cc3n2)cc1C. The van der Waals surface area contributed by atoms with E-state index in [0.29, 0.717) is 21.6 Å². The fourth-order valence-electron chi connectivity index (χ4n) is 3.86. The highest BCUT2D eigenvalue weighted by Crippen LogP contribution is 2.33. The Morgan fingerprint density at radius 3 is 2.54 bits per heavy atom. The predicted octanol–water partition coefficient (Wildman–Crippen LogP) is 6.18. The molecule has 5 rings (SSSR count). The molecule has 0 aliphatic rings. The van der Waals surface area contributed by atoms with Crippen molar-refractivity contribution in [3.63, 3.8) is 0 Å². The summed E-state index contributed by atoms with van der Waals surface area (Å²) in [7, 11) is 0. The largest absolute Gasteiger partial charge is 0.433 e. The maximum atomic E-state index is 13.9. The first-order valence-corrected chi connectivity index (χ1v) is 11.6. The molecule has 0 bridgehead atoms. The normalized spacial score (nSPS) is 11.7. The Hall–Kier alpha value is -4.18.